The number of H-pyrrole nitrogens is 1. The molecule has 1 amide bonds. The number of hydrogen-bond donors (Lipinski definition) is 2. The van der Waals surface area contributed by atoms with E-state index >= 15 is 0 Å². The fraction of sp³-hybridized carbons (Fsp3) is 0.261. The fourth-order valence-electron chi connectivity index (χ4n) is 4.07. The van der Waals surface area contributed by atoms with Crippen LogP contribution in [0.15, 0.2) is 48.7 Å². The smallest absolute Gasteiger partial charge is 0.293 e. The molecule has 8 heteroatoms. The number of benzene rings is 2. The highest BCUT2D eigenvalue weighted by Crippen LogP contribution is 2.35. The van der Waals surface area contributed by atoms with Crippen LogP contribution >= 0.6 is 0 Å². The Morgan fingerprint density at radius 3 is 2.77 bits per heavy atom. The Morgan fingerprint density at radius 1 is 1.23 bits per heavy atom. The lowest BCUT2D eigenvalue weighted by atomic mass is 9.98. The molecule has 0 atom stereocenters. The van der Waals surface area contributed by atoms with Crippen molar-refractivity contribution in [2.75, 3.05) is 18.0 Å². The number of hydrogen-bond acceptors (Lipinski definition) is 4. The van der Waals surface area contributed by atoms with Crippen molar-refractivity contribution in [3.05, 3.63) is 75.7 Å². The van der Waals surface area contributed by atoms with Crippen LogP contribution in [-0.2, 0) is 0 Å². The number of aromatic amines is 1. The normalized spacial score (nSPS) is 16.3. The Kier molecular flexibility index (Phi) is 4.69. The van der Waals surface area contributed by atoms with Crippen LogP contribution in [0.4, 0.5) is 15.8 Å². The van der Waals surface area contributed by atoms with E-state index in [9.17, 15) is 19.3 Å². The summed E-state index contributed by atoms with van der Waals surface area (Å²) in [6.45, 7) is 1.12. The van der Waals surface area contributed by atoms with Crippen molar-refractivity contribution in [2.45, 2.75) is 25.3 Å². The van der Waals surface area contributed by atoms with E-state index in [0.717, 1.165) is 34.9 Å². The molecule has 2 aliphatic rings. The van der Waals surface area contributed by atoms with Gasteiger partial charge in [-0.2, -0.15) is 0 Å². The summed E-state index contributed by atoms with van der Waals surface area (Å²) in [4.78, 5) is 28.6. The summed E-state index contributed by atoms with van der Waals surface area (Å²) in [7, 11) is 0. The van der Waals surface area contributed by atoms with Gasteiger partial charge in [0.05, 0.1) is 4.92 Å². The van der Waals surface area contributed by atoms with E-state index in [4.69, 9.17) is 0 Å². The first-order valence-electron chi connectivity index (χ1n) is 10.3. The average molecular weight is 420 g/mol. The quantitative estimate of drug-likeness (QED) is 0.473. The minimum atomic E-state index is -0.434. The molecule has 31 heavy (non-hydrogen) atoms. The van der Waals surface area contributed by atoms with Gasteiger partial charge in [0.2, 0.25) is 0 Å². The van der Waals surface area contributed by atoms with Gasteiger partial charge in [0, 0.05) is 53.4 Å². The zero-order valence-electron chi connectivity index (χ0n) is 16.7. The first-order chi connectivity index (χ1) is 15.0. The second-order valence-electron chi connectivity index (χ2n) is 8.03. The average Bonchev–Trinajstić information content (AvgIpc) is 3.49. The highest BCUT2D eigenvalue weighted by Gasteiger charge is 2.27. The van der Waals surface area contributed by atoms with E-state index in [1.54, 1.807) is 18.2 Å². The first-order valence-corrected chi connectivity index (χ1v) is 10.3. The number of fused-ring (bicyclic) bond motifs is 1. The summed E-state index contributed by atoms with van der Waals surface area (Å²) in [5.74, 6) is -0.556. The van der Waals surface area contributed by atoms with E-state index in [1.807, 2.05) is 17.2 Å². The van der Waals surface area contributed by atoms with Crippen LogP contribution in [0.3, 0.4) is 0 Å². The molecule has 1 saturated carbocycles. The van der Waals surface area contributed by atoms with E-state index in [0.29, 0.717) is 30.8 Å². The van der Waals surface area contributed by atoms with E-state index in [2.05, 4.69) is 10.3 Å². The number of nitrogens with one attached hydrogen (secondary N) is 2. The van der Waals surface area contributed by atoms with Gasteiger partial charge >= 0.3 is 0 Å². The Balaban J connectivity index is 1.39. The summed E-state index contributed by atoms with van der Waals surface area (Å²) >= 11 is 0. The van der Waals surface area contributed by atoms with Crippen molar-refractivity contribution in [2.24, 2.45) is 0 Å². The van der Waals surface area contributed by atoms with Crippen LogP contribution in [0.5, 0.6) is 0 Å². The Bertz CT molecular complexity index is 1230. The minimum absolute atomic E-state index is 0.0668. The molecule has 2 heterocycles. The third-order valence-electron chi connectivity index (χ3n) is 5.89. The number of rotatable bonds is 5. The third-order valence-corrected chi connectivity index (χ3v) is 5.89. The molecule has 2 aromatic carbocycles. The van der Waals surface area contributed by atoms with Crippen LogP contribution in [0.2, 0.25) is 0 Å². The van der Waals surface area contributed by atoms with Crippen molar-refractivity contribution < 1.29 is 14.1 Å². The SMILES string of the molecule is O=C(NC1CC1)c1ccc(N2CC=C(c3c[nH]c4cc(F)ccc34)CC2)c([N+](=O)[O-])c1. The number of nitrogens with zero attached hydrogens (tertiary/aromatic N) is 2. The highest BCUT2D eigenvalue weighted by molar-refractivity contribution is 5.96. The maximum Gasteiger partial charge on any atom is 0.293 e. The maximum atomic E-state index is 13.5. The number of nitro groups is 1. The number of carbonyl (C=O) groups excluding carboxylic acids is 1. The van der Waals surface area contributed by atoms with Crippen LogP contribution in [-0.4, -0.2) is 34.9 Å². The number of carbonyl (C=O) groups is 1. The molecule has 0 bridgehead atoms. The molecule has 5 rings (SSSR count). The monoisotopic (exact) mass is 420 g/mol. The summed E-state index contributed by atoms with van der Waals surface area (Å²) in [5, 5.41) is 15.5. The van der Waals surface area contributed by atoms with Crippen molar-refractivity contribution in [3.8, 4) is 0 Å². The Morgan fingerprint density at radius 2 is 2.06 bits per heavy atom. The topological polar surface area (TPSA) is 91.3 Å². The Labute approximate surface area is 177 Å². The molecule has 7 nitrogen and oxygen atoms in total. The van der Waals surface area contributed by atoms with Gasteiger partial charge in [0.15, 0.2) is 0 Å². The van der Waals surface area contributed by atoms with Crippen molar-refractivity contribution in [1.82, 2.24) is 10.3 Å². The van der Waals surface area contributed by atoms with Gasteiger partial charge in [-0.25, -0.2) is 4.39 Å². The minimum Gasteiger partial charge on any atom is -0.362 e. The molecule has 1 fully saturated rings. The summed E-state index contributed by atoms with van der Waals surface area (Å²) in [6.07, 6.45) is 6.54. The van der Waals surface area contributed by atoms with Crippen molar-refractivity contribution in [3.63, 3.8) is 0 Å². The van der Waals surface area contributed by atoms with Crippen LogP contribution in [0.1, 0.15) is 35.2 Å². The number of aromatic nitrogens is 1. The summed E-state index contributed by atoms with van der Waals surface area (Å²) < 4.78 is 13.5. The number of halogens is 1. The predicted molar refractivity (Wildman–Crippen MR) is 117 cm³/mol. The van der Waals surface area contributed by atoms with Gasteiger partial charge in [-0.3, -0.25) is 14.9 Å². The summed E-state index contributed by atoms with van der Waals surface area (Å²) in [5.41, 5.74) is 3.64. The zero-order valence-corrected chi connectivity index (χ0v) is 16.7. The molecule has 0 saturated heterocycles. The molecule has 1 aliphatic carbocycles. The molecule has 158 valence electrons. The van der Waals surface area contributed by atoms with Gasteiger partial charge in [0.1, 0.15) is 11.5 Å². The number of anilines is 1. The molecule has 3 aromatic rings. The third kappa shape index (κ3) is 3.76. The predicted octanol–water partition coefficient (Wildman–Crippen LogP) is 4.40. The molecule has 0 unspecified atom stereocenters. The molecule has 2 N–H and O–H groups in total. The number of amides is 1. The standard InChI is InChI=1S/C23H21FN4O3/c24-16-2-5-18-19(13-25-20(18)12-16)14-7-9-27(10-8-14)21-6-1-15(11-22(21)28(30)31)23(29)26-17-3-4-17/h1-2,5-7,11-13,17,25H,3-4,8-10H2,(H,26,29). The molecule has 0 spiro atoms. The van der Waals surface area contributed by atoms with Crippen LogP contribution in [0, 0.1) is 15.9 Å². The highest BCUT2D eigenvalue weighted by atomic mass is 19.1. The van der Waals surface area contributed by atoms with Crippen molar-refractivity contribution >= 4 is 33.8 Å². The second-order valence-corrected chi connectivity index (χ2v) is 8.03. The lowest BCUT2D eigenvalue weighted by Gasteiger charge is -2.28. The molecular weight excluding hydrogens is 399 g/mol. The lowest BCUT2D eigenvalue weighted by Crippen LogP contribution is -2.29. The van der Waals surface area contributed by atoms with Gasteiger partial charge in [-0.15, -0.1) is 0 Å². The largest absolute Gasteiger partial charge is 0.362 e. The van der Waals surface area contributed by atoms with Gasteiger partial charge in [-0.1, -0.05) is 6.08 Å². The zero-order chi connectivity index (χ0) is 21.5. The van der Waals surface area contributed by atoms with Crippen LogP contribution < -0.4 is 10.2 Å². The van der Waals surface area contributed by atoms with Crippen LogP contribution in [0.25, 0.3) is 16.5 Å². The fourth-order valence-corrected chi connectivity index (χ4v) is 4.07. The lowest BCUT2D eigenvalue weighted by molar-refractivity contribution is -0.384. The van der Waals surface area contributed by atoms with Gasteiger partial charge in [0.25, 0.3) is 11.6 Å². The van der Waals surface area contributed by atoms with E-state index in [1.165, 1.54) is 18.2 Å². The molecule has 1 aliphatic heterocycles. The molecule has 1 aromatic heterocycles. The van der Waals surface area contributed by atoms with Gasteiger partial charge in [-0.05, 0) is 55.2 Å². The first kappa shape index (κ1) is 19.3. The summed E-state index contributed by atoms with van der Waals surface area (Å²) in [6, 6.07) is 9.54. The Hall–Kier alpha value is -3.68. The maximum absolute atomic E-state index is 13.5. The second kappa shape index (κ2) is 7.54. The van der Waals surface area contributed by atoms with Gasteiger partial charge < -0.3 is 15.2 Å². The van der Waals surface area contributed by atoms with E-state index in [-0.39, 0.29) is 23.5 Å². The molecule has 0 radical (unpaired) electrons. The van der Waals surface area contributed by atoms with Crippen molar-refractivity contribution in [1.29, 1.82) is 0 Å². The molecular formula is C23H21FN4O3. The number of nitro benzene ring substituents is 1. The van der Waals surface area contributed by atoms with E-state index < -0.39 is 4.92 Å².